The van der Waals surface area contributed by atoms with Gasteiger partial charge in [-0.15, -0.1) is 0 Å². The molecule has 1 fully saturated rings. The van der Waals surface area contributed by atoms with Gasteiger partial charge in [0, 0.05) is 24.1 Å². The van der Waals surface area contributed by atoms with E-state index in [1.165, 1.54) is 0 Å². The summed E-state index contributed by atoms with van der Waals surface area (Å²) in [5.41, 5.74) is -0.471. The van der Waals surface area contributed by atoms with Gasteiger partial charge in [-0.3, -0.25) is 14.6 Å². The molecule has 0 saturated carbocycles. The van der Waals surface area contributed by atoms with E-state index in [9.17, 15) is 14.4 Å². The van der Waals surface area contributed by atoms with E-state index < -0.39 is 17.2 Å². The molecule has 3 aromatic rings. The molecule has 0 spiro atoms. The highest BCUT2D eigenvalue weighted by molar-refractivity contribution is 6.31. The number of amides is 1. The average Bonchev–Trinajstić information content (AvgIpc) is 3.31. The number of aromatic amines is 2. The highest BCUT2D eigenvalue weighted by atomic mass is 35.5. The zero-order chi connectivity index (χ0) is 19.7. The number of oxazole rings is 1. The number of H-pyrrole nitrogens is 2. The zero-order valence-corrected chi connectivity index (χ0v) is 15.5. The highest BCUT2D eigenvalue weighted by Crippen LogP contribution is 2.33. The molecule has 1 aliphatic rings. The quantitative estimate of drug-likeness (QED) is 0.697. The van der Waals surface area contributed by atoms with Crippen molar-refractivity contribution in [2.75, 3.05) is 6.54 Å². The topological polar surface area (TPSA) is 112 Å². The molecule has 0 unspecified atom stereocenters. The average molecular weight is 401 g/mol. The van der Waals surface area contributed by atoms with Gasteiger partial charge in [-0.05, 0) is 24.5 Å². The lowest BCUT2D eigenvalue weighted by Crippen LogP contribution is -2.34. The van der Waals surface area contributed by atoms with Gasteiger partial charge in [0.25, 0.3) is 11.5 Å². The zero-order valence-electron chi connectivity index (χ0n) is 14.8. The molecule has 4 rings (SSSR count). The molecule has 28 heavy (non-hydrogen) atoms. The van der Waals surface area contributed by atoms with Crippen LogP contribution in [0.1, 0.15) is 46.6 Å². The first-order valence-electron chi connectivity index (χ1n) is 8.84. The number of carbonyl (C=O) groups is 1. The SMILES string of the molecule is O=C(c1cc(=O)[nH]c(=O)[nH]1)N1CCC[C@@H]1c1ncc(Cc2ccccc2Cl)o1. The summed E-state index contributed by atoms with van der Waals surface area (Å²) in [5, 5.41) is 0.649. The molecule has 1 aromatic carbocycles. The first-order chi connectivity index (χ1) is 13.5. The largest absolute Gasteiger partial charge is 0.443 e. The van der Waals surface area contributed by atoms with Crippen molar-refractivity contribution in [2.45, 2.75) is 25.3 Å². The minimum Gasteiger partial charge on any atom is -0.443 e. The lowest BCUT2D eigenvalue weighted by atomic mass is 10.1. The number of halogens is 1. The Bertz CT molecular complexity index is 1100. The van der Waals surface area contributed by atoms with Crippen LogP contribution in [0.3, 0.4) is 0 Å². The second-order valence-electron chi connectivity index (χ2n) is 6.59. The molecule has 0 aliphatic carbocycles. The van der Waals surface area contributed by atoms with Gasteiger partial charge in [-0.1, -0.05) is 29.8 Å². The van der Waals surface area contributed by atoms with E-state index in [1.807, 2.05) is 24.3 Å². The number of nitrogens with zero attached hydrogens (tertiary/aromatic N) is 2. The number of nitrogens with one attached hydrogen (secondary N) is 2. The standard InChI is InChI=1S/C19H17ClN4O4/c20-13-5-2-1-4-11(13)8-12-10-21-17(28-12)15-6-3-7-24(15)18(26)14-9-16(25)23-19(27)22-14/h1-2,4-5,9-10,15H,3,6-8H2,(H2,22,23,25,27)/t15-/m1/s1. The summed E-state index contributed by atoms with van der Waals surface area (Å²) in [4.78, 5) is 46.1. The Morgan fingerprint density at radius 2 is 2.11 bits per heavy atom. The molecule has 1 atom stereocenters. The van der Waals surface area contributed by atoms with Gasteiger partial charge in [0.2, 0.25) is 5.89 Å². The molecule has 2 aromatic heterocycles. The van der Waals surface area contributed by atoms with E-state index in [0.717, 1.165) is 18.1 Å². The van der Waals surface area contributed by atoms with Crippen molar-refractivity contribution in [3.63, 3.8) is 0 Å². The predicted octanol–water partition coefficient (Wildman–Crippen LogP) is 2.27. The molecule has 2 N–H and O–H groups in total. The Kier molecular flexibility index (Phi) is 4.87. The van der Waals surface area contributed by atoms with Crippen molar-refractivity contribution in [2.24, 2.45) is 0 Å². The Morgan fingerprint density at radius 1 is 1.29 bits per heavy atom. The Hall–Kier alpha value is -3.13. The summed E-state index contributed by atoms with van der Waals surface area (Å²) in [6.07, 6.45) is 3.58. The highest BCUT2D eigenvalue weighted by Gasteiger charge is 2.34. The van der Waals surface area contributed by atoms with Crippen LogP contribution in [0.5, 0.6) is 0 Å². The van der Waals surface area contributed by atoms with Crippen molar-refractivity contribution in [3.8, 4) is 0 Å². The number of likely N-dealkylation sites (tertiary alicyclic amines) is 1. The van der Waals surface area contributed by atoms with Crippen LogP contribution in [0.4, 0.5) is 0 Å². The third-order valence-electron chi connectivity index (χ3n) is 4.68. The van der Waals surface area contributed by atoms with Gasteiger partial charge < -0.3 is 14.3 Å². The maximum atomic E-state index is 12.8. The van der Waals surface area contributed by atoms with E-state index in [0.29, 0.717) is 36.1 Å². The lowest BCUT2D eigenvalue weighted by Gasteiger charge is -2.22. The molecule has 0 bridgehead atoms. The third kappa shape index (κ3) is 3.63. The third-order valence-corrected chi connectivity index (χ3v) is 5.05. The van der Waals surface area contributed by atoms with Gasteiger partial charge in [0.1, 0.15) is 17.5 Å². The summed E-state index contributed by atoms with van der Waals surface area (Å²) in [5.74, 6) is 0.642. The molecule has 144 valence electrons. The monoisotopic (exact) mass is 400 g/mol. The maximum Gasteiger partial charge on any atom is 0.326 e. The number of hydrogen-bond donors (Lipinski definition) is 2. The van der Waals surface area contributed by atoms with E-state index in [2.05, 4.69) is 15.0 Å². The van der Waals surface area contributed by atoms with Crippen molar-refractivity contribution >= 4 is 17.5 Å². The Morgan fingerprint density at radius 3 is 2.89 bits per heavy atom. The number of hydrogen-bond acceptors (Lipinski definition) is 5. The van der Waals surface area contributed by atoms with E-state index in [1.54, 1.807) is 11.1 Å². The van der Waals surface area contributed by atoms with Crippen molar-refractivity contribution in [3.05, 3.63) is 85.3 Å². The Labute approximate surface area is 164 Å². The molecule has 3 heterocycles. The van der Waals surface area contributed by atoms with Crippen LogP contribution in [-0.2, 0) is 6.42 Å². The summed E-state index contributed by atoms with van der Waals surface area (Å²) < 4.78 is 5.89. The first-order valence-corrected chi connectivity index (χ1v) is 9.21. The van der Waals surface area contributed by atoms with Crippen LogP contribution in [0.2, 0.25) is 5.02 Å². The molecular formula is C19H17ClN4O4. The predicted molar refractivity (Wildman–Crippen MR) is 101 cm³/mol. The van der Waals surface area contributed by atoms with E-state index in [4.69, 9.17) is 16.0 Å². The molecule has 8 nitrogen and oxygen atoms in total. The van der Waals surface area contributed by atoms with Crippen molar-refractivity contribution < 1.29 is 9.21 Å². The van der Waals surface area contributed by atoms with Gasteiger partial charge in [-0.25, -0.2) is 9.78 Å². The van der Waals surface area contributed by atoms with Crippen LogP contribution in [0.15, 0.2) is 50.5 Å². The van der Waals surface area contributed by atoms with Crippen LogP contribution in [-0.4, -0.2) is 32.3 Å². The Balaban J connectivity index is 1.56. The summed E-state index contributed by atoms with van der Waals surface area (Å²) >= 11 is 6.19. The number of aromatic nitrogens is 3. The molecule has 9 heteroatoms. The minimum atomic E-state index is -0.718. The summed E-state index contributed by atoms with van der Waals surface area (Å²) in [7, 11) is 0. The smallest absolute Gasteiger partial charge is 0.326 e. The maximum absolute atomic E-state index is 12.8. The fourth-order valence-corrected chi connectivity index (χ4v) is 3.60. The van der Waals surface area contributed by atoms with Gasteiger partial charge in [0.05, 0.1) is 6.20 Å². The number of carbonyl (C=O) groups excluding carboxylic acids is 1. The number of rotatable bonds is 4. The van der Waals surface area contributed by atoms with Crippen LogP contribution >= 0.6 is 11.6 Å². The molecule has 1 amide bonds. The molecular weight excluding hydrogens is 384 g/mol. The summed E-state index contributed by atoms with van der Waals surface area (Å²) in [6, 6.07) is 8.22. The van der Waals surface area contributed by atoms with Crippen LogP contribution in [0, 0.1) is 0 Å². The van der Waals surface area contributed by atoms with Crippen molar-refractivity contribution in [1.29, 1.82) is 0 Å². The molecule has 1 saturated heterocycles. The van der Waals surface area contributed by atoms with Gasteiger partial charge in [-0.2, -0.15) is 0 Å². The fraction of sp³-hybridized carbons (Fsp3) is 0.263. The normalized spacial score (nSPS) is 16.5. The lowest BCUT2D eigenvalue weighted by molar-refractivity contribution is 0.0708. The van der Waals surface area contributed by atoms with Crippen LogP contribution in [0.25, 0.3) is 0 Å². The van der Waals surface area contributed by atoms with E-state index >= 15 is 0 Å². The fourth-order valence-electron chi connectivity index (χ4n) is 3.39. The van der Waals surface area contributed by atoms with Gasteiger partial charge >= 0.3 is 5.69 Å². The molecule has 1 aliphatic heterocycles. The van der Waals surface area contributed by atoms with E-state index in [-0.39, 0.29) is 11.7 Å². The second-order valence-corrected chi connectivity index (χ2v) is 7.00. The second kappa shape index (κ2) is 7.47. The summed E-state index contributed by atoms with van der Waals surface area (Å²) in [6.45, 7) is 0.487. The van der Waals surface area contributed by atoms with Crippen LogP contribution < -0.4 is 11.2 Å². The van der Waals surface area contributed by atoms with Gasteiger partial charge in [0.15, 0.2) is 0 Å². The minimum absolute atomic E-state index is 0.0523. The first kappa shape index (κ1) is 18.2. The number of benzene rings is 1. The molecule has 0 radical (unpaired) electrons. The van der Waals surface area contributed by atoms with Crippen molar-refractivity contribution in [1.82, 2.24) is 19.9 Å².